The highest BCUT2D eigenvalue weighted by molar-refractivity contribution is 5.96. The van der Waals surface area contributed by atoms with Crippen molar-refractivity contribution in [3.63, 3.8) is 0 Å². The zero-order valence-corrected chi connectivity index (χ0v) is 38.2. The highest BCUT2D eigenvalue weighted by atomic mass is 16.8. The summed E-state index contributed by atoms with van der Waals surface area (Å²) in [4.78, 5) is 99.5. The molecule has 2 amide bonds. The van der Waals surface area contributed by atoms with Gasteiger partial charge in [0.05, 0.1) is 35.6 Å². The molecule has 2 saturated carbocycles. The maximum absolute atomic E-state index is 15.8. The topological polar surface area (TPSA) is 249 Å². The summed E-state index contributed by atoms with van der Waals surface area (Å²) in [5, 5.41) is 26.5. The number of fused-ring (bicyclic) bond motifs is 4. The number of nitrogens with one attached hydrogen (secondary N) is 1. The molecule has 64 heavy (non-hydrogen) atoms. The maximum Gasteiger partial charge on any atom is 0.509 e. The Labute approximate surface area is 371 Å². The number of ether oxygens (including phenoxy) is 8. The number of benzene rings is 1. The Hall–Kier alpha value is -5.27. The molecule has 4 fully saturated rings. The lowest BCUT2D eigenvalue weighted by molar-refractivity contribution is -0.345. The van der Waals surface area contributed by atoms with Gasteiger partial charge in [-0.15, -0.1) is 0 Å². The number of amides is 2. The van der Waals surface area contributed by atoms with Gasteiger partial charge in [0, 0.05) is 32.9 Å². The number of hydrogen-bond donors (Lipinski definition) is 3. The number of rotatable bonds is 10. The Morgan fingerprint density at radius 3 is 2.19 bits per heavy atom. The third kappa shape index (κ3) is 7.97. The van der Waals surface area contributed by atoms with E-state index in [1.807, 2.05) is 0 Å². The molecule has 19 nitrogen and oxygen atoms in total. The summed E-state index contributed by atoms with van der Waals surface area (Å²) in [6.07, 6.45) is -15.6. The molecule has 2 heterocycles. The number of aliphatic hydroxyl groups is 2. The molecular formula is C45H60N2O17. The third-order valence-electron chi connectivity index (χ3n) is 13.2. The largest absolute Gasteiger partial charge is 0.509 e. The van der Waals surface area contributed by atoms with Gasteiger partial charge in [-0.25, -0.2) is 24.0 Å². The molecule has 19 heteroatoms. The van der Waals surface area contributed by atoms with Crippen molar-refractivity contribution in [2.24, 2.45) is 22.7 Å². The summed E-state index contributed by atoms with van der Waals surface area (Å²) < 4.78 is 48.5. The lowest BCUT2D eigenvalue weighted by Crippen LogP contribution is -2.83. The van der Waals surface area contributed by atoms with Gasteiger partial charge >= 0.3 is 36.2 Å². The molecule has 2 aliphatic heterocycles. The number of aliphatic hydroxyl groups excluding tert-OH is 2. The van der Waals surface area contributed by atoms with E-state index < -0.39 is 124 Å². The zero-order chi connectivity index (χ0) is 47.6. The second kappa shape index (κ2) is 16.9. The van der Waals surface area contributed by atoms with Crippen molar-refractivity contribution < 1.29 is 81.7 Å². The van der Waals surface area contributed by atoms with E-state index in [1.54, 1.807) is 66.7 Å². The minimum atomic E-state index is -2.38. The van der Waals surface area contributed by atoms with Crippen LogP contribution in [0.1, 0.15) is 92.4 Å². The fraction of sp³-hybridized carbons (Fsp3) is 0.667. The van der Waals surface area contributed by atoms with E-state index in [1.165, 1.54) is 40.1 Å². The second-order valence-electron chi connectivity index (χ2n) is 19.7. The second-order valence-corrected chi connectivity index (χ2v) is 19.7. The van der Waals surface area contributed by atoms with Crippen LogP contribution in [-0.2, 0) is 52.3 Å². The van der Waals surface area contributed by atoms with E-state index in [0.29, 0.717) is 0 Å². The highest BCUT2D eigenvalue weighted by Gasteiger charge is 2.83. The summed E-state index contributed by atoms with van der Waals surface area (Å²) in [6.45, 7) is 15.2. The van der Waals surface area contributed by atoms with Gasteiger partial charge in [-0.2, -0.15) is 0 Å². The summed E-state index contributed by atoms with van der Waals surface area (Å²) in [5.74, 6) is -5.87. The maximum atomic E-state index is 15.8. The lowest BCUT2D eigenvalue weighted by Gasteiger charge is -2.67. The summed E-state index contributed by atoms with van der Waals surface area (Å²) in [7, 11) is 2.76. The molecular weight excluding hydrogens is 840 g/mol. The van der Waals surface area contributed by atoms with Crippen molar-refractivity contribution in [1.82, 2.24) is 10.2 Å². The Bertz CT molecular complexity index is 2100. The van der Waals surface area contributed by atoms with Gasteiger partial charge in [0.1, 0.15) is 11.7 Å². The van der Waals surface area contributed by atoms with Gasteiger partial charge in [-0.1, -0.05) is 45.9 Å². The first-order chi connectivity index (χ1) is 29.6. The Balaban J connectivity index is 1.63. The predicted molar refractivity (Wildman–Crippen MR) is 220 cm³/mol. The fourth-order valence-corrected chi connectivity index (χ4v) is 10.4. The van der Waals surface area contributed by atoms with Gasteiger partial charge in [-0.05, 0) is 70.2 Å². The Kier molecular flexibility index (Phi) is 12.8. The van der Waals surface area contributed by atoms with Crippen LogP contribution in [0, 0.1) is 22.7 Å². The summed E-state index contributed by atoms with van der Waals surface area (Å²) >= 11 is 0. The first-order valence-electron chi connectivity index (χ1n) is 21.3. The van der Waals surface area contributed by atoms with E-state index in [9.17, 15) is 39.0 Å². The van der Waals surface area contributed by atoms with Crippen molar-refractivity contribution in [2.75, 3.05) is 20.7 Å². The fourth-order valence-electron chi connectivity index (χ4n) is 10.4. The lowest BCUT2D eigenvalue weighted by atomic mass is 9.44. The van der Waals surface area contributed by atoms with E-state index in [2.05, 4.69) is 5.32 Å². The Morgan fingerprint density at radius 1 is 1.00 bits per heavy atom. The van der Waals surface area contributed by atoms with Gasteiger partial charge < -0.3 is 58.3 Å². The number of Topliss-reactive ketones (excluding diaryl/α,β-unsaturated/α-hetero) is 1. The quantitative estimate of drug-likeness (QED) is 0.172. The van der Waals surface area contributed by atoms with Gasteiger partial charge in [0.2, 0.25) is 5.60 Å². The van der Waals surface area contributed by atoms with E-state index in [0.717, 1.165) is 11.8 Å². The van der Waals surface area contributed by atoms with Crippen molar-refractivity contribution >= 4 is 42.0 Å². The number of carbonyl (C=O) groups is 7. The van der Waals surface area contributed by atoms with Crippen LogP contribution in [-0.4, -0.2) is 143 Å². The molecule has 5 aliphatic rings. The van der Waals surface area contributed by atoms with Crippen LogP contribution in [0.4, 0.5) is 14.4 Å². The average Bonchev–Trinajstić information content (AvgIpc) is 3.55. The molecule has 3 N–H and O–H groups in total. The predicted octanol–water partition coefficient (Wildman–Crippen LogP) is 3.79. The molecule has 2 bridgehead atoms. The van der Waals surface area contributed by atoms with Crippen LogP contribution in [0.25, 0.3) is 0 Å². The average molecular weight is 901 g/mol. The van der Waals surface area contributed by atoms with Crippen molar-refractivity contribution in [1.29, 1.82) is 0 Å². The number of alkyl carbamates (subject to hydrolysis) is 1. The van der Waals surface area contributed by atoms with Crippen molar-refractivity contribution in [3.05, 3.63) is 47.0 Å². The van der Waals surface area contributed by atoms with Crippen molar-refractivity contribution in [3.8, 4) is 0 Å². The number of esters is 3. The summed E-state index contributed by atoms with van der Waals surface area (Å²) in [6, 6.07) is 6.46. The molecule has 2 saturated heterocycles. The molecule has 5 unspecified atom stereocenters. The molecule has 1 spiro atoms. The van der Waals surface area contributed by atoms with Crippen LogP contribution >= 0.6 is 0 Å². The highest BCUT2D eigenvalue weighted by Crippen LogP contribution is 2.67. The first kappa shape index (κ1) is 48.2. The standard InChI is InChI=1S/C45H60N2O17/c1-21(2)18-25(46-38(54)63-41(5,6)7)29(50)37(53)58-30-22(3)28-31(59-39(55)47(11)12)33(51)43(10)26(49)19-27-44(20-57-27,62-23(4)48)32(43)35(60-36(52)24-16-14-13-15-17-24)45(42(28,8)9)34(30)61-40(56)64-45/h13-17,21,25-27,29-32,34-35,49-50H,18-20H2,1-12H3,(H,46,54)/t25-,26-,27?,29+,30+,31+,32?,34?,35?,43+,44-,45?/m0/s1. The normalized spacial score (nSPS) is 33.5. The molecule has 0 radical (unpaired) electrons. The minimum Gasteiger partial charge on any atom is -0.454 e. The molecule has 6 rings (SSSR count). The van der Waals surface area contributed by atoms with Crippen LogP contribution in [0.5, 0.6) is 0 Å². The van der Waals surface area contributed by atoms with Crippen LogP contribution < -0.4 is 5.32 Å². The van der Waals surface area contributed by atoms with Crippen LogP contribution in [0.2, 0.25) is 0 Å². The molecule has 12 atom stereocenters. The minimum absolute atomic E-state index is 0.0215. The van der Waals surface area contributed by atoms with Gasteiger partial charge in [0.15, 0.2) is 41.9 Å². The number of carbonyl (C=O) groups excluding carboxylic acids is 7. The smallest absolute Gasteiger partial charge is 0.454 e. The van der Waals surface area contributed by atoms with E-state index in [4.69, 9.17) is 37.9 Å². The Morgan fingerprint density at radius 2 is 1.64 bits per heavy atom. The zero-order valence-electron chi connectivity index (χ0n) is 38.2. The van der Waals surface area contributed by atoms with Gasteiger partial charge in [-0.3, -0.25) is 9.59 Å². The van der Waals surface area contributed by atoms with Crippen molar-refractivity contribution in [2.45, 2.75) is 148 Å². The number of hydrogen-bond acceptors (Lipinski definition) is 17. The number of nitrogens with zero attached hydrogens (tertiary/aromatic N) is 1. The molecule has 1 aromatic rings. The first-order valence-corrected chi connectivity index (χ1v) is 21.3. The molecule has 1 aromatic carbocycles. The monoisotopic (exact) mass is 900 g/mol. The van der Waals surface area contributed by atoms with E-state index >= 15 is 4.79 Å². The van der Waals surface area contributed by atoms with Crippen LogP contribution in [0.15, 0.2) is 41.5 Å². The van der Waals surface area contributed by atoms with Gasteiger partial charge in [0.25, 0.3) is 0 Å². The number of ketones is 1. The molecule has 352 valence electrons. The summed E-state index contributed by atoms with van der Waals surface area (Å²) in [5.41, 5.74) is -9.13. The van der Waals surface area contributed by atoms with E-state index in [-0.39, 0.29) is 42.1 Å². The van der Waals surface area contributed by atoms with Crippen LogP contribution in [0.3, 0.4) is 0 Å². The molecule has 0 aromatic heterocycles. The third-order valence-corrected chi connectivity index (χ3v) is 13.2. The molecule has 3 aliphatic carbocycles. The SMILES string of the molecule is CC(=O)O[C@@]12COC1C[C@H](O)[C@@]1(C)C(=O)[C@H](OC(=O)N(C)C)C3=C(C)[C@@H](OC(=O)[C@H](O)[C@H](CC(C)C)NC(=O)OC(C)(C)C)C4OC(=O)OC4(C(OC(=O)c4ccccc4)C21)C3(C)C.